The molecule has 1 aromatic carbocycles. The number of nitrogens with one attached hydrogen (secondary N) is 5. The second-order valence-corrected chi connectivity index (χ2v) is 9.86. The van der Waals surface area contributed by atoms with Crippen LogP contribution in [0.5, 0.6) is 0 Å². The van der Waals surface area contributed by atoms with E-state index in [9.17, 15) is 28.8 Å². The second kappa shape index (κ2) is 17.9. The van der Waals surface area contributed by atoms with E-state index in [1.54, 1.807) is 0 Å². The Morgan fingerprint density at radius 1 is 0.833 bits per heavy atom. The highest BCUT2D eigenvalue weighted by Crippen LogP contribution is 2.08. The van der Waals surface area contributed by atoms with Gasteiger partial charge in [0.1, 0.15) is 18.1 Å². The number of amides is 5. The highest BCUT2D eigenvalue weighted by atomic mass is 16.4. The molecule has 1 saturated heterocycles. The van der Waals surface area contributed by atoms with Crippen molar-refractivity contribution in [3.05, 3.63) is 35.9 Å². The SMILES string of the molecule is NC(N)=NCCC[C@@H]1NC(=O)[C@H](Cc2ccccc2)NC(=O)CCCCCNC(=O)[C@H](CC(=O)O)NC(=O)CNC1=O. The van der Waals surface area contributed by atoms with Gasteiger partial charge >= 0.3 is 5.97 Å². The van der Waals surface area contributed by atoms with Gasteiger partial charge in [0.2, 0.25) is 29.5 Å². The van der Waals surface area contributed by atoms with Crippen LogP contribution < -0.4 is 38.1 Å². The lowest BCUT2D eigenvalue weighted by Crippen LogP contribution is -2.55. The summed E-state index contributed by atoms with van der Waals surface area (Å²) < 4.78 is 0. The molecule has 0 aliphatic carbocycles. The summed E-state index contributed by atoms with van der Waals surface area (Å²) in [6.07, 6.45) is 1.64. The first-order valence-corrected chi connectivity index (χ1v) is 13.8. The van der Waals surface area contributed by atoms with Gasteiger partial charge in [0.25, 0.3) is 0 Å². The number of carboxylic acid groups (broad SMARTS) is 1. The first-order valence-electron chi connectivity index (χ1n) is 13.8. The topological polar surface area (TPSA) is 247 Å². The van der Waals surface area contributed by atoms with Crippen molar-refractivity contribution in [2.24, 2.45) is 16.5 Å². The van der Waals surface area contributed by atoms with Crippen LogP contribution in [-0.2, 0) is 35.2 Å². The number of benzene rings is 1. The number of carbonyl (C=O) groups is 6. The van der Waals surface area contributed by atoms with Gasteiger partial charge < -0.3 is 43.2 Å². The molecule has 1 heterocycles. The molecule has 0 spiro atoms. The van der Waals surface area contributed by atoms with E-state index in [-0.39, 0.29) is 44.2 Å². The Hall–Kier alpha value is -4.69. The summed E-state index contributed by atoms with van der Waals surface area (Å²) in [5, 5.41) is 21.9. The van der Waals surface area contributed by atoms with E-state index in [0.29, 0.717) is 25.7 Å². The number of carbonyl (C=O) groups excluding carboxylic acids is 5. The van der Waals surface area contributed by atoms with Gasteiger partial charge in [-0.1, -0.05) is 36.8 Å². The molecule has 42 heavy (non-hydrogen) atoms. The van der Waals surface area contributed by atoms with E-state index in [2.05, 4.69) is 31.6 Å². The molecular weight excluding hydrogens is 548 g/mol. The minimum Gasteiger partial charge on any atom is -0.481 e. The van der Waals surface area contributed by atoms with Crippen molar-refractivity contribution in [3.63, 3.8) is 0 Å². The molecule has 10 N–H and O–H groups in total. The second-order valence-electron chi connectivity index (χ2n) is 9.86. The normalized spacial score (nSPS) is 21.6. The van der Waals surface area contributed by atoms with Crippen molar-refractivity contribution in [1.29, 1.82) is 0 Å². The number of guanidine groups is 1. The summed E-state index contributed by atoms with van der Waals surface area (Å²) in [6.45, 7) is -0.185. The van der Waals surface area contributed by atoms with Crippen LogP contribution >= 0.6 is 0 Å². The lowest BCUT2D eigenvalue weighted by Gasteiger charge is -2.23. The Morgan fingerprint density at radius 2 is 1.52 bits per heavy atom. The maximum Gasteiger partial charge on any atom is 0.305 e. The fourth-order valence-electron chi connectivity index (χ4n) is 4.21. The van der Waals surface area contributed by atoms with Crippen LogP contribution in [0.4, 0.5) is 0 Å². The van der Waals surface area contributed by atoms with E-state index in [1.165, 1.54) is 0 Å². The quantitative estimate of drug-likeness (QED) is 0.0950. The van der Waals surface area contributed by atoms with Crippen molar-refractivity contribution < 1.29 is 33.9 Å². The molecule has 0 unspecified atom stereocenters. The highest BCUT2D eigenvalue weighted by Gasteiger charge is 2.28. The number of nitrogens with two attached hydrogens (primary N) is 2. The van der Waals surface area contributed by atoms with Crippen LogP contribution in [0.15, 0.2) is 35.3 Å². The first-order chi connectivity index (χ1) is 20.0. The third-order valence-corrected chi connectivity index (χ3v) is 6.35. The molecule has 0 bridgehead atoms. The third kappa shape index (κ3) is 13.1. The molecule has 1 fully saturated rings. The molecule has 2 rings (SSSR count). The summed E-state index contributed by atoms with van der Waals surface area (Å²) in [4.78, 5) is 79.4. The summed E-state index contributed by atoms with van der Waals surface area (Å²) in [5.41, 5.74) is 11.5. The van der Waals surface area contributed by atoms with E-state index in [0.717, 1.165) is 5.56 Å². The number of aliphatic carboxylic acids is 1. The Labute approximate surface area is 243 Å². The number of carboxylic acids is 1. The van der Waals surface area contributed by atoms with Crippen molar-refractivity contribution in [1.82, 2.24) is 26.6 Å². The lowest BCUT2D eigenvalue weighted by atomic mass is 10.0. The fourth-order valence-corrected chi connectivity index (χ4v) is 4.21. The maximum atomic E-state index is 13.4. The molecular formula is C27H40N8O7. The first kappa shape index (κ1) is 33.5. The Bertz CT molecular complexity index is 1120. The summed E-state index contributed by atoms with van der Waals surface area (Å²) in [7, 11) is 0. The van der Waals surface area contributed by atoms with E-state index in [1.807, 2.05) is 30.3 Å². The highest BCUT2D eigenvalue weighted by molar-refractivity contribution is 5.95. The Morgan fingerprint density at radius 3 is 2.21 bits per heavy atom. The number of hydrogen-bond acceptors (Lipinski definition) is 7. The van der Waals surface area contributed by atoms with Crippen LogP contribution in [0.25, 0.3) is 0 Å². The van der Waals surface area contributed by atoms with Gasteiger partial charge in [0, 0.05) is 25.9 Å². The Kier molecular flexibility index (Phi) is 14.3. The van der Waals surface area contributed by atoms with Crippen molar-refractivity contribution >= 4 is 41.5 Å². The van der Waals surface area contributed by atoms with Gasteiger partial charge in [-0.25, -0.2) is 0 Å². The Balaban J connectivity index is 2.26. The maximum absolute atomic E-state index is 13.4. The molecule has 15 heteroatoms. The fraction of sp³-hybridized carbons (Fsp3) is 0.519. The van der Waals surface area contributed by atoms with Crippen molar-refractivity contribution in [2.45, 2.75) is 69.5 Å². The van der Waals surface area contributed by atoms with Gasteiger partial charge in [-0.05, 0) is 31.2 Å². The van der Waals surface area contributed by atoms with Crippen LogP contribution in [0.2, 0.25) is 0 Å². The zero-order valence-electron chi connectivity index (χ0n) is 23.4. The van der Waals surface area contributed by atoms with Crippen LogP contribution in [0.3, 0.4) is 0 Å². The molecule has 1 aromatic rings. The van der Waals surface area contributed by atoms with Crippen molar-refractivity contribution in [3.8, 4) is 0 Å². The molecule has 230 valence electrons. The van der Waals surface area contributed by atoms with Crippen LogP contribution in [0.1, 0.15) is 50.5 Å². The van der Waals surface area contributed by atoms with Gasteiger partial charge in [-0.15, -0.1) is 0 Å². The molecule has 0 saturated carbocycles. The van der Waals surface area contributed by atoms with E-state index < -0.39 is 60.7 Å². The average Bonchev–Trinajstić information content (AvgIpc) is 2.94. The third-order valence-electron chi connectivity index (χ3n) is 6.35. The summed E-state index contributed by atoms with van der Waals surface area (Å²) in [6, 6.07) is 5.63. The summed E-state index contributed by atoms with van der Waals surface area (Å²) in [5.74, 6) is -4.54. The number of rotatable bonds is 8. The van der Waals surface area contributed by atoms with E-state index in [4.69, 9.17) is 16.6 Å². The van der Waals surface area contributed by atoms with Crippen LogP contribution in [0, 0.1) is 0 Å². The number of nitrogens with zero attached hydrogens (tertiary/aromatic N) is 1. The zero-order chi connectivity index (χ0) is 30.9. The standard InChI is InChI=1S/C27H40N8O7/c28-27(29)31-13-7-10-18-24(40)32-16-22(37)34-20(15-23(38)39)25(41)30-12-6-2-5-11-21(36)33-19(26(42)35-18)14-17-8-3-1-4-9-17/h1,3-4,8-9,18-20H,2,5-7,10-16H2,(H,30,41)(H,32,40)(H,33,36)(H,34,37)(H,35,42)(H,38,39)(H4,28,29,31)/t18-,19-,20-/m0/s1. The molecule has 15 nitrogen and oxygen atoms in total. The predicted molar refractivity (Wildman–Crippen MR) is 153 cm³/mol. The van der Waals surface area contributed by atoms with Crippen LogP contribution in [-0.4, -0.2) is 84.3 Å². The minimum absolute atomic E-state index is 0.103. The zero-order valence-corrected chi connectivity index (χ0v) is 23.4. The molecule has 3 atom stereocenters. The van der Waals surface area contributed by atoms with Gasteiger partial charge in [0.15, 0.2) is 5.96 Å². The van der Waals surface area contributed by atoms with Gasteiger partial charge in [-0.2, -0.15) is 0 Å². The lowest BCUT2D eigenvalue weighted by molar-refractivity contribution is -0.140. The van der Waals surface area contributed by atoms with E-state index >= 15 is 0 Å². The average molecular weight is 589 g/mol. The molecule has 0 aromatic heterocycles. The number of hydrogen-bond donors (Lipinski definition) is 8. The molecule has 1 aliphatic heterocycles. The predicted octanol–water partition coefficient (Wildman–Crippen LogP) is -1.98. The van der Waals surface area contributed by atoms with Gasteiger partial charge in [-0.3, -0.25) is 33.8 Å². The van der Waals surface area contributed by atoms with Gasteiger partial charge in [0.05, 0.1) is 13.0 Å². The number of aliphatic imine (C=N–C) groups is 1. The minimum atomic E-state index is -1.35. The molecule has 5 amide bonds. The summed E-state index contributed by atoms with van der Waals surface area (Å²) >= 11 is 0. The molecule has 1 aliphatic rings. The van der Waals surface area contributed by atoms with Crippen molar-refractivity contribution in [2.75, 3.05) is 19.6 Å². The molecule has 0 radical (unpaired) electrons. The monoisotopic (exact) mass is 588 g/mol. The smallest absolute Gasteiger partial charge is 0.305 e. The largest absolute Gasteiger partial charge is 0.481 e.